The van der Waals surface area contributed by atoms with Crippen molar-refractivity contribution in [1.29, 1.82) is 0 Å². The first kappa shape index (κ1) is 15.5. The van der Waals surface area contributed by atoms with Gasteiger partial charge in [0.25, 0.3) is 0 Å². The first-order valence-corrected chi connectivity index (χ1v) is 7.50. The van der Waals surface area contributed by atoms with Gasteiger partial charge >= 0.3 is 5.97 Å². The van der Waals surface area contributed by atoms with Crippen molar-refractivity contribution in [1.82, 2.24) is 9.97 Å². The van der Waals surface area contributed by atoms with Gasteiger partial charge < -0.3 is 14.4 Å². The summed E-state index contributed by atoms with van der Waals surface area (Å²) in [4.78, 5) is 22.3. The summed E-state index contributed by atoms with van der Waals surface area (Å²) in [6, 6.07) is 1.85. The highest BCUT2D eigenvalue weighted by molar-refractivity contribution is 5.72. The largest absolute Gasteiger partial charge is 0.475 e. The number of ether oxygens (including phenoxy) is 2. The lowest BCUT2D eigenvalue weighted by Gasteiger charge is -2.31. The van der Waals surface area contributed by atoms with Gasteiger partial charge in [0.2, 0.25) is 5.88 Å². The number of nitrogens with zero attached hydrogens (tertiary/aromatic N) is 3. The summed E-state index contributed by atoms with van der Waals surface area (Å²) >= 11 is 0. The minimum absolute atomic E-state index is 0.00872. The fraction of sp³-hybridized carbons (Fsp3) is 0.667. The highest BCUT2D eigenvalue weighted by atomic mass is 16.5. The Hall–Kier alpha value is -1.85. The molecule has 0 aliphatic carbocycles. The van der Waals surface area contributed by atoms with E-state index in [0.717, 1.165) is 31.7 Å². The van der Waals surface area contributed by atoms with Crippen LogP contribution in [0.1, 0.15) is 33.6 Å². The van der Waals surface area contributed by atoms with Crippen LogP contribution in [0.15, 0.2) is 12.4 Å². The Kier molecular flexibility index (Phi) is 5.36. The van der Waals surface area contributed by atoms with Gasteiger partial charge in [0.15, 0.2) is 0 Å². The van der Waals surface area contributed by atoms with E-state index in [9.17, 15) is 4.79 Å². The predicted molar refractivity (Wildman–Crippen MR) is 79.4 cm³/mol. The summed E-state index contributed by atoms with van der Waals surface area (Å²) in [5.74, 6) is 1.36. The van der Waals surface area contributed by atoms with E-state index >= 15 is 0 Å². The Morgan fingerprint density at radius 3 is 2.71 bits per heavy atom. The van der Waals surface area contributed by atoms with Crippen molar-refractivity contribution in [2.24, 2.45) is 5.92 Å². The molecule has 1 aromatic rings. The monoisotopic (exact) mass is 293 g/mol. The topological polar surface area (TPSA) is 64.5 Å². The first-order chi connectivity index (χ1) is 10.1. The van der Waals surface area contributed by atoms with Crippen LogP contribution in [0.4, 0.5) is 5.82 Å². The number of rotatable bonds is 5. The molecule has 0 N–H and O–H groups in total. The molecule has 1 aromatic heterocycles. The summed E-state index contributed by atoms with van der Waals surface area (Å²) < 4.78 is 10.7. The van der Waals surface area contributed by atoms with Crippen LogP contribution >= 0.6 is 0 Å². The highest BCUT2D eigenvalue weighted by Gasteiger charge is 2.26. The van der Waals surface area contributed by atoms with E-state index in [4.69, 9.17) is 9.47 Å². The quantitative estimate of drug-likeness (QED) is 0.774. The lowest BCUT2D eigenvalue weighted by Crippen LogP contribution is -2.37. The van der Waals surface area contributed by atoms with Crippen LogP contribution in [-0.2, 0) is 9.53 Å². The molecular weight excluding hydrogens is 270 g/mol. The smallest absolute Gasteiger partial charge is 0.309 e. The summed E-state index contributed by atoms with van der Waals surface area (Å²) in [7, 11) is 0. The molecule has 6 nitrogen and oxygen atoms in total. The zero-order valence-electron chi connectivity index (χ0n) is 12.9. The zero-order chi connectivity index (χ0) is 15.2. The number of piperidine rings is 1. The van der Waals surface area contributed by atoms with Gasteiger partial charge in [-0.15, -0.1) is 0 Å². The van der Waals surface area contributed by atoms with Crippen LogP contribution in [0.3, 0.4) is 0 Å². The Morgan fingerprint density at radius 2 is 2.10 bits per heavy atom. The van der Waals surface area contributed by atoms with E-state index in [-0.39, 0.29) is 18.0 Å². The number of hydrogen-bond acceptors (Lipinski definition) is 6. The van der Waals surface area contributed by atoms with Crippen molar-refractivity contribution in [2.45, 2.75) is 39.7 Å². The number of carbonyl (C=O) groups excluding carboxylic acids is 1. The number of hydrogen-bond donors (Lipinski definition) is 0. The molecular formula is C15H23N3O3. The Bertz CT molecular complexity index is 471. The van der Waals surface area contributed by atoms with Crippen molar-refractivity contribution in [3.8, 4) is 5.88 Å². The molecule has 116 valence electrons. The molecule has 0 saturated carbocycles. The third kappa shape index (κ3) is 4.31. The molecule has 0 atom stereocenters. The standard InChI is InChI=1S/C15H23N3O3/c1-4-20-15(19)12-5-7-18(8-6-12)13-9-14(17-10-16-13)21-11(2)3/h9-12H,4-8H2,1-3H3. The number of esters is 1. The second-order valence-corrected chi connectivity index (χ2v) is 5.39. The van der Waals surface area contributed by atoms with Crippen LogP contribution in [0.2, 0.25) is 0 Å². The molecule has 0 amide bonds. The van der Waals surface area contributed by atoms with E-state index in [1.807, 2.05) is 26.8 Å². The molecule has 0 radical (unpaired) electrons. The van der Waals surface area contributed by atoms with Gasteiger partial charge in [0.1, 0.15) is 12.1 Å². The third-order valence-electron chi connectivity index (χ3n) is 3.42. The predicted octanol–water partition coefficient (Wildman–Crippen LogP) is 2.04. The van der Waals surface area contributed by atoms with Crippen LogP contribution in [0.5, 0.6) is 5.88 Å². The Labute approximate surface area is 125 Å². The average Bonchev–Trinajstić information content (AvgIpc) is 2.47. The summed E-state index contributed by atoms with van der Waals surface area (Å²) in [6.07, 6.45) is 3.19. The normalized spacial score (nSPS) is 16.1. The average molecular weight is 293 g/mol. The fourth-order valence-corrected chi connectivity index (χ4v) is 2.41. The highest BCUT2D eigenvalue weighted by Crippen LogP contribution is 2.24. The molecule has 0 unspecified atom stereocenters. The van der Waals surface area contributed by atoms with E-state index in [0.29, 0.717) is 12.5 Å². The van der Waals surface area contributed by atoms with Gasteiger partial charge in [-0.2, -0.15) is 0 Å². The van der Waals surface area contributed by atoms with E-state index in [1.54, 1.807) is 0 Å². The Balaban J connectivity index is 1.94. The zero-order valence-corrected chi connectivity index (χ0v) is 12.9. The second-order valence-electron chi connectivity index (χ2n) is 5.39. The summed E-state index contributed by atoms with van der Waals surface area (Å²) in [5.41, 5.74) is 0. The molecule has 0 bridgehead atoms. The van der Waals surface area contributed by atoms with Crippen LogP contribution in [0, 0.1) is 5.92 Å². The molecule has 1 aliphatic rings. The Morgan fingerprint density at radius 1 is 1.38 bits per heavy atom. The van der Waals surface area contributed by atoms with Gasteiger partial charge in [0.05, 0.1) is 18.6 Å². The minimum atomic E-state index is -0.0799. The minimum Gasteiger partial charge on any atom is -0.475 e. The summed E-state index contributed by atoms with van der Waals surface area (Å²) in [6.45, 7) is 7.80. The lowest BCUT2D eigenvalue weighted by atomic mass is 9.97. The lowest BCUT2D eigenvalue weighted by molar-refractivity contribution is -0.148. The molecule has 0 aromatic carbocycles. The third-order valence-corrected chi connectivity index (χ3v) is 3.42. The number of carbonyl (C=O) groups is 1. The molecule has 6 heteroatoms. The maximum Gasteiger partial charge on any atom is 0.309 e. The second kappa shape index (κ2) is 7.24. The van der Waals surface area contributed by atoms with E-state index in [1.165, 1.54) is 6.33 Å². The first-order valence-electron chi connectivity index (χ1n) is 7.50. The van der Waals surface area contributed by atoms with Gasteiger partial charge in [-0.3, -0.25) is 4.79 Å². The molecule has 2 rings (SSSR count). The van der Waals surface area contributed by atoms with Crippen molar-refractivity contribution in [2.75, 3.05) is 24.6 Å². The summed E-state index contributed by atoms with van der Waals surface area (Å²) in [5, 5.41) is 0. The number of aromatic nitrogens is 2. The van der Waals surface area contributed by atoms with E-state index < -0.39 is 0 Å². The maximum absolute atomic E-state index is 11.7. The van der Waals surface area contributed by atoms with Gasteiger partial charge in [-0.25, -0.2) is 9.97 Å². The van der Waals surface area contributed by atoms with E-state index in [2.05, 4.69) is 14.9 Å². The van der Waals surface area contributed by atoms with Crippen molar-refractivity contribution in [3.63, 3.8) is 0 Å². The molecule has 0 spiro atoms. The molecule has 1 saturated heterocycles. The van der Waals surface area contributed by atoms with Gasteiger partial charge in [0, 0.05) is 19.2 Å². The maximum atomic E-state index is 11.7. The molecule has 21 heavy (non-hydrogen) atoms. The van der Waals surface area contributed by atoms with Crippen molar-refractivity contribution in [3.05, 3.63) is 12.4 Å². The molecule has 1 fully saturated rings. The van der Waals surface area contributed by atoms with Crippen molar-refractivity contribution >= 4 is 11.8 Å². The van der Waals surface area contributed by atoms with Crippen molar-refractivity contribution < 1.29 is 14.3 Å². The SMILES string of the molecule is CCOC(=O)C1CCN(c2cc(OC(C)C)ncn2)CC1. The van der Waals surface area contributed by atoms with Gasteiger partial charge in [-0.05, 0) is 33.6 Å². The molecule has 1 aliphatic heterocycles. The fourth-order valence-electron chi connectivity index (χ4n) is 2.41. The van der Waals surface area contributed by atoms with Gasteiger partial charge in [-0.1, -0.05) is 0 Å². The van der Waals surface area contributed by atoms with Crippen LogP contribution < -0.4 is 9.64 Å². The molecule has 2 heterocycles. The van der Waals surface area contributed by atoms with Crippen LogP contribution in [-0.4, -0.2) is 41.7 Å². The number of anilines is 1. The van der Waals surface area contributed by atoms with Crippen LogP contribution in [0.25, 0.3) is 0 Å².